The summed E-state index contributed by atoms with van der Waals surface area (Å²) in [5, 5.41) is 3.57. The van der Waals surface area contributed by atoms with Crippen molar-refractivity contribution in [3.63, 3.8) is 0 Å². The highest BCUT2D eigenvalue weighted by atomic mass is 32.1. The van der Waals surface area contributed by atoms with E-state index in [1.54, 1.807) is 6.20 Å². The molecule has 1 aliphatic rings. The van der Waals surface area contributed by atoms with Gasteiger partial charge in [-0.1, -0.05) is 13.0 Å². The van der Waals surface area contributed by atoms with Gasteiger partial charge in [0.05, 0.1) is 17.4 Å². The highest BCUT2D eigenvalue weighted by molar-refractivity contribution is 7.15. The van der Waals surface area contributed by atoms with Crippen LogP contribution in [0.25, 0.3) is 0 Å². The summed E-state index contributed by atoms with van der Waals surface area (Å²) in [6.45, 7) is 4.09. The van der Waals surface area contributed by atoms with Gasteiger partial charge in [0, 0.05) is 11.1 Å². The van der Waals surface area contributed by atoms with Gasteiger partial charge in [0.2, 0.25) is 5.91 Å². The molecule has 3 rings (SSSR count). The lowest BCUT2D eigenvalue weighted by atomic mass is 10.1. The molecule has 3 N–H and O–H groups in total. The number of hydrazine groups is 1. The van der Waals surface area contributed by atoms with Crippen molar-refractivity contribution < 1.29 is 4.79 Å². The van der Waals surface area contributed by atoms with Crippen LogP contribution in [-0.4, -0.2) is 21.9 Å². The fraction of sp³-hybridized carbons (Fsp3) is 0.400. The van der Waals surface area contributed by atoms with E-state index in [-0.39, 0.29) is 18.0 Å². The zero-order valence-corrected chi connectivity index (χ0v) is 13.4. The van der Waals surface area contributed by atoms with Gasteiger partial charge in [0.1, 0.15) is 6.04 Å². The molecule has 3 heterocycles. The molecular weight excluding hydrogens is 298 g/mol. The van der Waals surface area contributed by atoms with Crippen LogP contribution in [0.3, 0.4) is 0 Å². The van der Waals surface area contributed by atoms with Crippen LogP contribution in [0.2, 0.25) is 0 Å². The molecule has 1 aliphatic heterocycles. The van der Waals surface area contributed by atoms with Crippen LogP contribution >= 0.6 is 11.3 Å². The van der Waals surface area contributed by atoms with E-state index in [0.29, 0.717) is 11.6 Å². The summed E-state index contributed by atoms with van der Waals surface area (Å²) in [5.74, 6) is -0.0673. The Morgan fingerprint density at radius 1 is 1.45 bits per heavy atom. The van der Waals surface area contributed by atoms with Crippen LogP contribution in [0.1, 0.15) is 35.7 Å². The topological polar surface area (TPSA) is 78.9 Å². The molecule has 0 spiro atoms. The second-order valence-electron chi connectivity index (χ2n) is 5.25. The normalized spacial score (nSPS) is 21.0. The lowest BCUT2D eigenvalue weighted by Crippen LogP contribution is -2.39. The SMILES string of the molecule is CCc1nc(NC(=O)C2CC(c3ccccn3)NN2)sc1C. The standard InChI is InChI=1S/C15H19N5OS/c1-3-10-9(2)22-15(17-10)18-14(21)13-8-12(19-20-13)11-6-4-5-7-16-11/h4-7,12-13,19-20H,3,8H2,1-2H3,(H,17,18,21). The molecular formula is C15H19N5OS. The van der Waals surface area contributed by atoms with E-state index < -0.39 is 0 Å². The molecule has 2 aromatic rings. The largest absolute Gasteiger partial charge is 0.301 e. The number of aromatic nitrogens is 2. The van der Waals surface area contributed by atoms with Crippen molar-refractivity contribution in [1.29, 1.82) is 0 Å². The van der Waals surface area contributed by atoms with Crippen LogP contribution < -0.4 is 16.2 Å². The third-order valence-corrected chi connectivity index (χ3v) is 4.65. The van der Waals surface area contributed by atoms with Crippen molar-refractivity contribution in [2.45, 2.75) is 38.8 Å². The Morgan fingerprint density at radius 2 is 2.32 bits per heavy atom. The van der Waals surface area contributed by atoms with E-state index >= 15 is 0 Å². The van der Waals surface area contributed by atoms with E-state index in [9.17, 15) is 4.79 Å². The maximum atomic E-state index is 12.3. The fourth-order valence-electron chi connectivity index (χ4n) is 2.51. The van der Waals surface area contributed by atoms with E-state index in [2.05, 4.69) is 33.1 Å². The number of carbonyl (C=O) groups is 1. The lowest BCUT2D eigenvalue weighted by molar-refractivity contribution is -0.117. The summed E-state index contributed by atoms with van der Waals surface area (Å²) in [6, 6.07) is 5.54. The molecule has 0 saturated carbocycles. The smallest absolute Gasteiger partial charge is 0.244 e. The van der Waals surface area contributed by atoms with Gasteiger partial charge in [-0.2, -0.15) is 0 Å². The van der Waals surface area contributed by atoms with E-state index in [1.165, 1.54) is 11.3 Å². The predicted molar refractivity (Wildman–Crippen MR) is 86.5 cm³/mol. The molecule has 1 saturated heterocycles. The van der Waals surface area contributed by atoms with Gasteiger partial charge >= 0.3 is 0 Å². The Morgan fingerprint density at radius 3 is 3.00 bits per heavy atom. The van der Waals surface area contributed by atoms with Gasteiger partial charge in [-0.3, -0.25) is 9.78 Å². The molecule has 0 aromatic carbocycles. The molecule has 116 valence electrons. The van der Waals surface area contributed by atoms with E-state index in [0.717, 1.165) is 22.7 Å². The molecule has 1 fully saturated rings. The van der Waals surface area contributed by atoms with Crippen LogP contribution in [0.5, 0.6) is 0 Å². The zero-order chi connectivity index (χ0) is 15.5. The van der Waals surface area contributed by atoms with E-state index in [1.807, 2.05) is 25.1 Å². The number of pyridine rings is 1. The summed E-state index contributed by atoms with van der Waals surface area (Å²) >= 11 is 1.52. The number of nitrogens with one attached hydrogen (secondary N) is 3. The van der Waals surface area contributed by atoms with Gasteiger partial charge in [-0.25, -0.2) is 15.8 Å². The number of nitrogens with zero attached hydrogens (tertiary/aromatic N) is 2. The fourth-order valence-corrected chi connectivity index (χ4v) is 3.41. The molecule has 2 atom stereocenters. The monoisotopic (exact) mass is 317 g/mol. The number of thiazole rings is 1. The average molecular weight is 317 g/mol. The van der Waals surface area contributed by atoms with Gasteiger partial charge in [0.15, 0.2) is 5.13 Å². The number of anilines is 1. The average Bonchev–Trinajstić information content (AvgIpc) is 3.15. The summed E-state index contributed by atoms with van der Waals surface area (Å²) in [5.41, 5.74) is 8.14. The summed E-state index contributed by atoms with van der Waals surface area (Å²) < 4.78 is 0. The van der Waals surface area contributed by atoms with Crippen LogP contribution in [-0.2, 0) is 11.2 Å². The van der Waals surface area contributed by atoms with Gasteiger partial charge in [-0.05, 0) is 31.9 Å². The van der Waals surface area contributed by atoms with Crippen LogP contribution in [0, 0.1) is 6.92 Å². The first-order valence-corrected chi connectivity index (χ1v) is 8.18. The predicted octanol–water partition coefficient (Wildman–Crippen LogP) is 1.96. The van der Waals surface area contributed by atoms with Crippen molar-refractivity contribution in [3.05, 3.63) is 40.7 Å². The van der Waals surface area contributed by atoms with E-state index in [4.69, 9.17) is 0 Å². The van der Waals surface area contributed by atoms with Crippen molar-refractivity contribution >= 4 is 22.4 Å². The number of hydrogen-bond donors (Lipinski definition) is 3. The Labute approximate surface area is 133 Å². The minimum atomic E-state index is -0.290. The molecule has 0 bridgehead atoms. The first-order valence-electron chi connectivity index (χ1n) is 7.36. The number of aryl methyl sites for hydroxylation is 2. The third kappa shape index (κ3) is 3.16. The molecule has 7 heteroatoms. The van der Waals surface area contributed by atoms with Crippen molar-refractivity contribution in [1.82, 2.24) is 20.8 Å². The second-order valence-corrected chi connectivity index (χ2v) is 6.45. The number of amides is 1. The molecule has 6 nitrogen and oxygen atoms in total. The highest BCUT2D eigenvalue weighted by Gasteiger charge is 2.31. The Hall–Kier alpha value is -1.83. The number of rotatable bonds is 4. The summed E-state index contributed by atoms with van der Waals surface area (Å²) in [7, 11) is 0. The number of hydrogen-bond acceptors (Lipinski definition) is 6. The van der Waals surface area contributed by atoms with Gasteiger partial charge < -0.3 is 5.32 Å². The van der Waals surface area contributed by atoms with Gasteiger partial charge in [0.25, 0.3) is 0 Å². The Balaban J connectivity index is 1.61. The minimum Gasteiger partial charge on any atom is -0.301 e. The van der Waals surface area contributed by atoms with Crippen molar-refractivity contribution in [3.8, 4) is 0 Å². The summed E-state index contributed by atoms with van der Waals surface area (Å²) in [6.07, 6.45) is 3.30. The molecule has 2 aromatic heterocycles. The minimum absolute atomic E-state index is 0.0428. The highest BCUT2D eigenvalue weighted by Crippen LogP contribution is 2.24. The summed E-state index contributed by atoms with van der Waals surface area (Å²) in [4.78, 5) is 22.3. The van der Waals surface area contributed by atoms with Crippen LogP contribution in [0.15, 0.2) is 24.4 Å². The molecule has 22 heavy (non-hydrogen) atoms. The lowest BCUT2D eigenvalue weighted by Gasteiger charge is -2.08. The van der Waals surface area contributed by atoms with Crippen molar-refractivity contribution in [2.24, 2.45) is 0 Å². The molecule has 0 radical (unpaired) electrons. The molecule has 0 aliphatic carbocycles. The maximum absolute atomic E-state index is 12.3. The molecule has 1 amide bonds. The van der Waals surface area contributed by atoms with Crippen molar-refractivity contribution in [2.75, 3.05) is 5.32 Å². The first kappa shape index (κ1) is 15.1. The quantitative estimate of drug-likeness (QED) is 0.803. The third-order valence-electron chi connectivity index (χ3n) is 3.72. The van der Waals surface area contributed by atoms with Gasteiger partial charge in [-0.15, -0.1) is 11.3 Å². The zero-order valence-electron chi connectivity index (χ0n) is 12.6. The maximum Gasteiger partial charge on any atom is 0.244 e. The second kappa shape index (κ2) is 6.51. The number of carbonyl (C=O) groups excluding carboxylic acids is 1. The molecule has 2 unspecified atom stereocenters. The van der Waals surface area contributed by atoms with Crippen LogP contribution in [0.4, 0.5) is 5.13 Å². The Kier molecular flexibility index (Phi) is 4.47. The Bertz CT molecular complexity index is 657. The first-order chi connectivity index (χ1) is 10.7.